The maximum absolute atomic E-state index is 11.6. The molecule has 0 unspecified atom stereocenters. The van der Waals surface area contributed by atoms with E-state index in [1.165, 1.54) is 0 Å². The van der Waals surface area contributed by atoms with Gasteiger partial charge in [-0.3, -0.25) is 4.79 Å². The van der Waals surface area contributed by atoms with Crippen molar-refractivity contribution in [3.05, 3.63) is 23.8 Å². The van der Waals surface area contributed by atoms with Gasteiger partial charge in [-0.05, 0) is 19.9 Å². The van der Waals surface area contributed by atoms with Crippen molar-refractivity contribution in [3.8, 4) is 11.5 Å². The summed E-state index contributed by atoms with van der Waals surface area (Å²) in [6, 6.07) is 6.14. The fourth-order valence-electron chi connectivity index (χ4n) is 1.83. The number of nitrogens with one attached hydrogen (secondary N) is 2. The van der Waals surface area contributed by atoms with Crippen molar-refractivity contribution in [1.29, 1.82) is 0 Å². The SMILES string of the molecule is CCNC(=O)COc1c(CNC(C)C)cccc1OCC. The van der Waals surface area contributed by atoms with Gasteiger partial charge >= 0.3 is 0 Å². The number of ether oxygens (including phenoxy) is 2. The third kappa shape index (κ3) is 6.04. The zero-order valence-corrected chi connectivity index (χ0v) is 13.4. The van der Waals surface area contributed by atoms with Crippen LogP contribution >= 0.6 is 0 Å². The third-order valence-electron chi connectivity index (χ3n) is 2.78. The van der Waals surface area contributed by atoms with Gasteiger partial charge in [-0.25, -0.2) is 0 Å². The van der Waals surface area contributed by atoms with Gasteiger partial charge in [-0.15, -0.1) is 0 Å². The number of hydrogen-bond donors (Lipinski definition) is 2. The van der Waals surface area contributed by atoms with E-state index in [4.69, 9.17) is 9.47 Å². The van der Waals surface area contributed by atoms with Gasteiger partial charge < -0.3 is 20.1 Å². The van der Waals surface area contributed by atoms with Crippen molar-refractivity contribution in [1.82, 2.24) is 10.6 Å². The summed E-state index contributed by atoms with van der Waals surface area (Å²) in [5, 5.41) is 6.06. The standard InChI is InChI=1S/C16H26N2O3/c1-5-17-15(19)11-21-16-13(10-18-12(3)4)8-7-9-14(16)20-6-2/h7-9,12,18H,5-6,10-11H2,1-4H3,(H,17,19). The number of carbonyl (C=O) groups excluding carboxylic acids is 1. The van der Waals surface area contributed by atoms with E-state index >= 15 is 0 Å². The van der Waals surface area contributed by atoms with E-state index in [1.807, 2.05) is 32.0 Å². The molecule has 0 aromatic heterocycles. The average molecular weight is 294 g/mol. The van der Waals surface area contributed by atoms with Crippen LogP contribution in [-0.2, 0) is 11.3 Å². The smallest absolute Gasteiger partial charge is 0.257 e. The van der Waals surface area contributed by atoms with Gasteiger partial charge in [-0.2, -0.15) is 0 Å². The van der Waals surface area contributed by atoms with E-state index in [9.17, 15) is 4.79 Å². The lowest BCUT2D eigenvalue weighted by atomic mass is 10.1. The van der Waals surface area contributed by atoms with E-state index in [1.54, 1.807) is 0 Å². The highest BCUT2D eigenvalue weighted by Crippen LogP contribution is 2.31. The lowest BCUT2D eigenvalue weighted by molar-refractivity contribution is -0.123. The lowest BCUT2D eigenvalue weighted by Crippen LogP contribution is -2.29. The number of likely N-dealkylation sites (N-methyl/N-ethyl adjacent to an activating group) is 1. The fraction of sp³-hybridized carbons (Fsp3) is 0.562. The molecule has 21 heavy (non-hydrogen) atoms. The minimum Gasteiger partial charge on any atom is -0.490 e. The van der Waals surface area contributed by atoms with E-state index < -0.39 is 0 Å². The first-order valence-corrected chi connectivity index (χ1v) is 7.46. The molecule has 5 heteroatoms. The number of rotatable bonds is 9. The Bertz CT molecular complexity index is 447. The van der Waals surface area contributed by atoms with E-state index in [-0.39, 0.29) is 12.5 Å². The normalized spacial score (nSPS) is 10.5. The third-order valence-corrected chi connectivity index (χ3v) is 2.78. The monoisotopic (exact) mass is 294 g/mol. The summed E-state index contributed by atoms with van der Waals surface area (Å²) in [5.74, 6) is 1.18. The molecule has 0 aliphatic carbocycles. The minimum atomic E-state index is -0.133. The highest BCUT2D eigenvalue weighted by molar-refractivity contribution is 5.77. The Morgan fingerprint density at radius 2 is 2.00 bits per heavy atom. The van der Waals surface area contributed by atoms with Crippen LogP contribution in [-0.4, -0.2) is 31.7 Å². The van der Waals surface area contributed by atoms with Crippen molar-refractivity contribution in [2.75, 3.05) is 19.8 Å². The summed E-state index contributed by atoms with van der Waals surface area (Å²) in [4.78, 5) is 11.6. The van der Waals surface area contributed by atoms with Crippen molar-refractivity contribution in [2.24, 2.45) is 0 Å². The van der Waals surface area contributed by atoms with E-state index in [2.05, 4.69) is 24.5 Å². The Morgan fingerprint density at radius 1 is 1.24 bits per heavy atom. The molecule has 0 heterocycles. The van der Waals surface area contributed by atoms with Crippen LogP contribution in [0.5, 0.6) is 11.5 Å². The minimum absolute atomic E-state index is 0.00734. The van der Waals surface area contributed by atoms with Gasteiger partial charge in [0.15, 0.2) is 18.1 Å². The number of benzene rings is 1. The summed E-state index contributed by atoms with van der Waals surface area (Å²) >= 11 is 0. The zero-order chi connectivity index (χ0) is 15.7. The first kappa shape index (κ1) is 17.3. The topological polar surface area (TPSA) is 59.6 Å². The van der Waals surface area contributed by atoms with Crippen LogP contribution in [0, 0.1) is 0 Å². The highest BCUT2D eigenvalue weighted by Gasteiger charge is 2.13. The molecule has 1 aromatic carbocycles. The van der Waals surface area contributed by atoms with Crippen molar-refractivity contribution in [3.63, 3.8) is 0 Å². The molecule has 0 saturated carbocycles. The van der Waals surface area contributed by atoms with Crippen molar-refractivity contribution < 1.29 is 14.3 Å². The fourth-order valence-corrected chi connectivity index (χ4v) is 1.83. The predicted octanol–water partition coefficient (Wildman–Crippen LogP) is 2.10. The van der Waals surface area contributed by atoms with Crippen LogP contribution in [0.4, 0.5) is 0 Å². The van der Waals surface area contributed by atoms with Gasteiger partial charge in [0, 0.05) is 24.7 Å². The Hall–Kier alpha value is -1.75. The molecule has 0 aliphatic heterocycles. The van der Waals surface area contributed by atoms with Crippen LogP contribution in [0.3, 0.4) is 0 Å². The van der Waals surface area contributed by atoms with Crippen LogP contribution in [0.1, 0.15) is 33.3 Å². The Balaban J connectivity index is 2.85. The molecule has 1 amide bonds. The molecule has 0 bridgehead atoms. The summed E-state index contributed by atoms with van der Waals surface area (Å²) in [6.07, 6.45) is 0. The Kier molecular flexibility index (Phi) is 7.61. The van der Waals surface area contributed by atoms with Gasteiger partial charge in [0.25, 0.3) is 5.91 Å². The molecular weight excluding hydrogens is 268 g/mol. The maximum Gasteiger partial charge on any atom is 0.257 e. The summed E-state index contributed by atoms with van der Waals surface area (Å²) in [7, 11) is 0. The molecule has 0 radical (unpaired) electrons. The molecule has 0 fully saturated rings. The second-order valence-corrected chi connectivity index (χ2v) is 4.96. The van der Waals surface area contributed by atoms with Gasteiger partial charge in [0.05, 0.1) is 6.61 Å². The van der Waals surface area contributed by atoms with Gasteiger partial charge in [0.1, 0.15) is 0 Å². The molecule has 2 N–H and O–H groups in total. The molecule has 5 nitrogen and oxygen atoms in total. The Labute approximate surface area is 127 Å². The molecule has 1 rings (SSSR count). The zero-order valence-electron chi connectivity index (χ0n) is 13.4. The summed E-state index contributed by atoms with van der Waals surface area (Å²) in [6.45, 7) is 9.78. The second-order valence-electron chi connectivity index (χ2n) is 4.96. The van der Waals surface area contributed by atoms with Crippen molar-refractivity contribution >= 4 is 5.91 Å². The molecule has 0 saturated heterocycles. The van der Waals surface area contributed by atoms with Crippen LogP contribution < -0.4 is 20.1 Å². The quantitative estimate of drug-likeness (QED) is 0.732. The first-order chi connectivity index (χ1) is 10.1. The first-order valence-electron chi connectivity index (χ1n) is 7.46. The second kappa shape index (κ2) is 9.23. The lowest BCUT2D eigenvalue weighted by Gasteiger charge is -2.17. The van der Waals surface area contributed by atoms with Gasteiger partial charge in [0.2, 0.25) is 0 Å². The number of carbonyl (C=O) groups is 1. The Morgan fingerprint density at radius 3 is 2.62 bits per heavy atom. The van der Waals surface area contributed by atoms with Crippen molar-refractivity contribution in [2.45, 2.75) is 40.3 Å². The molecule has 1 aromatic rings. The molecule has 118 valence electrons. The largest absolute Gasteiger partial charge is 0.490 e. The average Bonchev–Trinajstić information content (AvgIpc) is 2.44. The summed E-state index contributed by atoms with van der Waals surface area (Å²) in [5.41, 5.74) is 0.985. The van der Waals surface area contributed by atoms with Crippen LogP contribution in [0.2, 0.25) is 0 Å². The predicted molar refractivity (Wildman–Crippen MR) is 83.8 cm³/mol. The van der Waals surface area contributed by atoms with Crippen LogP contribution in [0.15, 0.2) is 18.2 Å². The molecule has 0 spiro atoms. The number of para-hydroxylation sites is 1. The molecule has 0 aliphatic rings. The van der Waals surface area contributed by atoms with Gasteiger partial charge in [-0.1, -0.05) is 26.0 Å². The maximum atomic E-state index is 11.6. The number of hydrogen-bond acceptors (Lipinski definition) is 4. The molecule has 0 atom stereocenters. The van der Waals surface area contributed by atoms with Crippen LogP contribution in [0.25, 0.3) is 0 Å². The van der Waals surface area contributed by atoms with E-state index in [0.717, 1.165) is 5.56 Å². The van der Waals surface area contributed by atoms with E-state index in [0.29, 0.717) is 37.2 Å². The molecular formula is C16H26N2O3. The number of amides is 1. The summed E-state index contributed by atoms with van der Waals surface area (Å²) < 4.78 is 11.3. The highest BCUT2D eigenvalue weighted by atomic mass is 16.5.